The topological polar surface area (TPSA) is 86.6 Å². The van der Waals surface area contributed by atoms with E-state index in [4.69, 9.17) is 10.2 Å². The highest BCUT2D eigenvalue weighted by Crippen LogP contribution is 1.98. The molecule has 0 spiro atoms. The highest BCUT2D eigenvalue weighted by atomic mass is 32.2. The first-order chi connectivity index (χ1) is 6.56. The number of aliphatic hydroxyl groups excluding tert-OH is 1. The number of nitrogens with one attached hydrogen (secondary N) is 1. The van der Waals surface area contributed by atoms with E-state index in [0.717, 1.165) is 11.8 Å². The summed E-state index contributed by atoms with van der Waals surface area (Å²) in [7, 11) is 0. The minimum Gasteiger partial charge on any atom is -0.481 e. The summed E-state index contributed by atoms with van der Waals surface area (Å²) in [6, 6.07) is 0. The van der Waals surface area contributed by atoms with Gasteiger partial charge in [0, 0.05) is 6.54 Å². The number of aliphatic hydroxyl groups is 1. The quantitative estimate of drug-likeness (QED) is 0.549. The number of carbonyl (C=O) groups is 2. The molecule has 0 aromatic rings. The highest BCUT2D eigenvalue weighted by Gasteiger charge is 2.06. The fraction of sp³-hybridized carbons (Fsp3) is 0.750. The predicted octanol–water partition coefficient (Wildman–Crippen LogP) is -0.309. The largest absolute Gasteiger partial charge is 0.481 e. The third kappa shape index (κ3) is 7.88. The van der Waals surface area contributed by atoms with E-state index in [1.165, 1.54) is 0 Å². The van der Waals surface area contributed by atoms with Gasteiger partial charge in [-0.2, -0.15) is 0 Å². The van der Waals surface area contributed by atoms with Crippen LogP contribution in [0.1, 0.15) is 13.3 Å². The second-order valence-corrected chi connectivity index (χ2v) is 3.74. The zero-order valence-corrected chi connectivity index (χ0v) is 8.84. The Balaban J connectivity index is 3.41. The van der Waals surface area contributed by atoms with E-state index in [2.05, 4.69) is 5.32 Å². The van der Waals surface area contributed by atoms with E-state index in [0.29, 0.717) is 6.42 Å². The van der Waals surface area contributed by atoms with Crippen molar-refractivity contribution < 1.29 is 19.8 Å². The van der Waals surface area contributed by atoms with E-state index >= 15 is 0 Å². The lowest BCUT2D eigenvalue weighted by Gasteiger charge is -2.08. The van der Waals surface area contributed by atoms with Crippen molar-refractivity contribution in [2.45, 2.75) is 19.4 Å². The molecular formula is C8H15NO4S. The number of amides is 1. The molecule has 3 N–H and O–H groups in total. The number of hydrogen-bond acceptors (Lipinski definition) is 4. The van der Waals surface area contributed by atoms with Crippen molar-refractivity contribution >= 4 is 23.6 Å². The molecule has 0 aliphatic heterocycles. The number of aliphatic carboxylic acids is 1. The summed E-state index contributed by atoms with van der Waals surface area (Å²) < 4.78 is 0. The van der Waals surface area contributed by atoms with Crippen LogP contribution in [0.25, 0.3) is 0 Å². The molecule has 82 valence electrons. The Morgan fingerprint density at radius 1 is 1.43 bits per heavy atom. The van der Waals surface area contributed by atoms with Gasteiger partial charge in [-0.3, -0.25) is 9.59 Å². The van der Waals surface area contributed by atoms with Crippen molar-refractivity contribution in [1.29, 1.82) is 0 Å². The van der Waals surface area contributed by atoms with E-state index in [-0.39, 0.29) is 24.0 Å². The lowest BCUT2D eigenvalue weighted by molar-refractivity contribution is -0.133. The molecule has 14 heavy (non-hydrogen) atoms. The number of carboxylic acids is 1. The molecule has 0 fully saturated rings. The molecule has 0 radical (unpaired) electrons. The van der Waals surface area contributed by atoms with Crippen LogP contribution in [-0.2, 0) is 9.59 Å². The molecule has 0 bridgehead atoms. The molecule has 6 heteroatoms. The summed E-state index contributed by atoms with van der Waals surface area (Å²) in [6.07, 6.45) is 0.0613. The van der Waals surface area contributed by atoms with Crippen LogP contribution >= 0.6 is 11.8 Å². The number of carboxylic acid groups (broad SMARTS) is 1. The average molecular weight is 221 g/mol. The van der Waals surface area contributed by atoms with Gasteiger partial charge in [0.15, 0.2) is 0 Å². The summed E-state index contributed by atoms with van der Waals surface area (Å²) in [5.74, 6) is -1.15. The van der Waals surface area contributed by atoms with Crippen LogP contribution in [0.15, 0.2) is 0 Å². The summed E-state index contributed by atoms with van der Waals surface area (Å²) in [5.41, 5.74) is 0. The SMILES string of the molecule is CCC(O)CNC(=O)CSCC(=O)O. The summed E-state index contributed by atoms with van der Waals surface area (Å²) in [6.45, 7) is 2.04. The predicted molar refractivity (Wildman–Crippen MR) is 54.3 cm³/mol. The van der Waals surface area contributed by atoms with Crippen LogP contribution in [0.4, 0.5) is 0 Å². The van der Waals surface area contributed by atoms with Crippen molar-refractivity contribution in [1.82, 2.24) is 5.32 Å². The van der Waals surface area contributed by atoms with Gasteiger partial charge in [-0.15, -0.1) is 11.8 Å². The molecule has 0 rings (SSSR count). The third-order valence-corrected chi connectivity index (χ3v) is 2.38. The molecule has 1 unspecified atom stereocenters. The minimum absolute atomic E-state index is 0.0796. The first-order valence-electron chi connectivity index (χ1n) is 4.30. The Hall–Kier alpha value is -0.750. The van der Waals surface area contributed by atoms with Crippen LogP contribution in [0.3, 0.4) is 0 Å². The fourth-order valence-electron chi connectivity index (χ4n) is 0.658. The monoisotopic (exact) mass is 221 g/mol. The lowest BCUT2D eigenvalue weighted by atomic mass is 10.3. The van der Waals surface area contributed by atoms with Crippen molar-refractivity contribution in [2.75, 3.05) is 18.1 Å². The fourth-order valence-corrected chi connectivity index (χ4v) is 1.22. The normalized spacial score (nSPS) is 12.1. The van der Waals surface area contributed by atoms with E-state index in [9.17, 15) is 9.59 Å². The van der Waals surface area contributed by atoms with Gasteiger partial charge < -0.3 is 15.5 Å². The number of hydrogen-bond donors (Lipinski definition) is 3. The summed E-state index contributed by atoms with van der Waals surface area (Å²) in [4.78, 5) is 21.1. The second-order valence-electron chi connectivity index (χ2n) is 2.75. The van der Waals surface area contributed by atoms with Crippen molar-refractivity contribution in [3.05, 3.63) is 0 Å². The van der Waals surface area contributed by atoms with E-state index in [1.54, 1.807) is 0 Å². The second kappa shape index (κ2) is 7.64. The Morgan fingerprint density at radius 2 is 2.07 bits per heavy atom. The lowest BCUT2D eigenvalue weighted by Crippen LogP contribution is -2.33. The molecule has 0 aliphatic carbocycles. The van der Waals surface area contributed by atoms with Crippen molar-refractivity contribution in [3.63, 3.8) is 0 Å². The molecule has 0 saturated carbocycles. The van der Waals surface area contributed by atoms with Crippen LogP contribution in [0, 0.1) is 0 Å². The zero-order valence-electron chi connectivity index (χ0n) is 8.02. The van der Waals surface area contributed by atoms with Gasteiger partial charge in [0.25, 0.3) is 0 Å². The molecule has 0 aromatic carbocycles. The molecule has 0 aromatic heterocycles. The van der Waals surface area contributed by atoms with E-state index in [1.807, 2.05) is 6.92 Å². The number of carbonyl (C=O) groups excluding carboxylic acids is 1. The smallest absolute Gasteiger partial charge is 0.313 e. The van der Waals surface area contributed by atoms with Gasteiger partial charge in [0.05, 0.1) is 17.6 Å². The van der Waals surface area contributed by atoms with Gasteiger partial charge in [0.2, 0.25) is 5.91 Å². The molecule has 0 heterocycles. The molecule has 1 atom stereocenters. The zero-order chi connectivity index (χ0) is 11.0. The highest BCUT2D eigenvalue weighted by molar-refractivity contribution is 8.00. The average Bonchev–Trinajstić information content (AvgIpc) is 2.13. The van der Waals surface area contributed by atoms with Crippen molar-refractivity contribution in [2.24, 2.45) is 0 Å². The maximum absolute atomic E-state index is 11.0. The Bertz CT molecular complexity index is 198. The molecular weight excluding hydrogens is 206 g/mol. The van der Waals surface area contributed by atoms with Gasteiger partial charge in [-0.1, -0.05) is 6.92 Å². The first kappa shape index (κ1) is 13.2. The van der Waals surface area contributed by atoms with Gasteiger partial charge in [-0.05, 0) is 6.42 Å². The summed E-state index contributed by atoms with van der Waals surface area (Å²) >= 11 is 1.04. The van der Waals surface area contributed by atoms with Crippen LogP contribution < -0.4 is 5.32 Å². The molecule has 0 aliphatic rings. The van der Waals surface area contributed by atoms with Crippen LogP contribution in [-0.4, -0.2) is 46.2 Å². The Kier molecular flexibility index (Phi) is 7.23. The maximum Gasteiger partial charge on any atom is 0.313 e. The maximum atomic E-state index is 11.0. The van der Waals surface area contributed by atoms with Gasteiger partial charge in [0.1, 0.15) is 0 Å². The van der Waals surface area contributed by atoms with Crippen LogP contribution in [0.2, 0.25) is 0 Å². The Labute approximate surface area is 86.9 Å². The molecule has 0 saturated heterocycles. The van der Waals surface area contributed by atoms with Gasteiger partial charge >= 0.3 is 5.97 Å². The summed E-state index contributed by atoms with van der Waals surface area (Å²) in [5, 5.41) is 19.9. The Morgan fingerprint density at radius 3 is 2.57 bits per heavy atom. The van der Waals surface area contributed by atoms with Crippen molar-refractivity contribution in [3.8, 4) is 0 Å². The number of rotatable bonds is 7. The van der Waals surface area contributed by atoms with Gasteiger partial charge in [-0.25, -0.2) is 0 Å². The first-order valence-corrected chi connectivity index (χ1v) is 5.46. The van der Waals surface area contributed by atoms with Crippen LogP contribution in [0.5, 0.6) is 0 Å². The molecule has 1 amide bonds. The minimum atomic E-state index is -0.934. The number of thioether (sulfide) groups is 1. The third-order valence-electron chi connectivity index (χ3n) is 1.46. The standard InChI is InChI=1S/C8H15NO4S/c1-2-6(10)3-9-7(11)4-14-5-8(12)13/h6,10H,2-5H2,1H3,(H,9,11)(H,12,13). The van der Waals surface area contributed by atoms with E-state index < -0.39 is 12.1 Å². The molecule has 5 nitrogen and oxygen atoms in total.